The molecule has 0 radical (unpaired) electrons. The predicted molar refractivity (Wildman–Crippen MR) is 102 cm³/mol. The average Bonchev–Trinajstić information content (AvgIpc) is 3.00. The van der Waals surface area contributed by atoms with Crippen molar-refractivity contribution in [3.63, 3.8) is 0 Å². The number of rotatable bonds is 4. The number of hydrogen-bond donors (Lipinski definition) is 0. The summed E-state index contributed by atoms with van der Waals surface area (Å²) < 4.78 is 1.80. The first kappa shape index (κ1) is 15.7. The van der Waals surface area contributed by atoms with Crippen LogP contribution in [0.3, 0.4) is 0 Å². The second-order valence-corrected chi connectivity index (χ2v) is 6.42. The Bertz CT molecular complexity index is 1000. The Labute approximate surface area is 151 Å². The highest BCUT2D eigenvalue weighted by molar-refractivity contribution is 6.30. The Balaban J connectivity index is 1.73. The zero-order valence-corrected chi connectivity index (χ0v) is 14.6. The lowest BCUT2D eigenvalue weighted by Gasteiger charge is -2.11. The molecule has 4 heteroatoms. The molecule has 3 aromatic carbocycles. The Morgan fingerprint density at radius 2 is 1.64 bits per heavy atom. The first-order chi connectivity index (χ1) is 12.2. The van der Waals surface area contributed by atoms with Crippen molar-refractivity contribution in [2.45, 2.75) is 13.5 Å². The Morgan fingerprint density at radius 1 is 0.920 bits per heavy atom. The quantitative estimate of drug-likeness (QED) is 0.500. The number of imidazole rings is 1. The van der Waals surface area contributed by atoms with Crippen LogP contribution in [0.1, 0.15) is 11.1 Å². The molecule has 0 saturated heterocycles. The molecule has 0 unspecified atom stereocenters. The smallest absolute Gasteiger partial charge is 0.176 e. The molecule has 4 aromatic rings. The van der Waals surface area contributed by atoms with Gasteiger partial charge in [0.1, 0.15) is 12.1 Å². The van der Waals surface area contributed by atoms with Gasteiger partial charge in [-0.05, 0) is 48.9 Å². The normalized spacial score (nSPS) is 11.0. The fourth-order valence-electron chi connectivity index (χ4n) is 2.74. The molecule has 0 aliphatic heterocycles. The van der Waals surface area contributed by atoms with Crippen molar-refractivity contribution in [3.8, 4) is 11.4 Å². The van der Waals surface area contributed by atoms with Gasteiger partial charge in [-0.25, -0.2) is 4.98 Å². The van der Waals surface area contributed by atoms with Crippen molar-refractivity contribution < 1.29 is 4.84 Å². The van der Waals surface area contributed by atoms with Crippen molar-refractivity contribution >= 4 is 22.6 Å². The van der Waals surface area contributed by atoms with Crippen LogP contribution in [-0.2, 0) is 6.61 Å². The third-order valence-corrected chi connectivity index (χ3v) is 4.35. The summed E-state index contributed by atoms with van der Waals surface area (Å²) in [5, 5.41) is 0.701. The van der Waals surface area contributed by atoms with Gasteiger partial charge in [0, 0.05) is 10.6 Å². The molecule has 0 N–H and O–H groups in total. The van der Waals surface area contributed by atoms with Crippen LogP contribution in [0.2, 0.25) is 5.02 Å². The maximum Gasteiger partial charge on any atom is 0.176 e. The Morgan fingerprint density at radius 3 is 2.40 bits per heavy atom. The summed E-state index contributed by atoms with van der Waals surface area (Å²) in [4.78, 5) is 10.9. The van der Waals surface area contributed by atoms with E-state index in [1.165, 1.54) is 5.56 Å². The van der Waals surface area contributed by atoms with E-state index in [0.717, 1.165) is 28.0 Å². The molecule has 1 aromatic heterocycles. The fourth-order valence-corrected chi connectivity index (χ4v) is 2.86. The highest BCUT2D eigenvalue weighted by atomic mass is 35.5. The van der Waals surface area contributed by atoms with Crippen LogP contribution in [0, 0.1) is 6.92 Å². The molecule has 0 saturated carbocycles. The second kappa shape index (κ2) is 6.61. The third-order valence-electron chi connectivity index (χ3n) is 4.10. The average molecular weight is 349 g/mol. The minimum Gasteiger partial charge on any atom is -0.407 e. The van der Waals surface area contributed by atoms with Gasteiger partial charge in [0.05, 0.1) is 5.52 Å². The fraction of sp³-hybridized carbons (Fsp3) is 0.0952. The molecule has 124 valence electrons. The summed E-state index contributed by atoms with van der Waals surface area (Å²) in [6.07, 6.45) is 0. The Hall–Kier alpha value is -2.78. The lowest BCUT2D eigenvalue weighted by molar-refractivity contribution is 0.110. The molecule has 1 heterocycles. The number of hydrogen-bond acceptors (Lipinski definition) is 2. The number of benzene rings is 3. The van der Waals surface area contributed by atoms with Crippen molar-refractivity contribution in [2.24, 2.45) is 0 Å². The van der Waals surface area contributed by atoms with Crippen molar-refractivity contribution in [2.75, 3.05) is 0 Å². The first-order valence-corrected chi connectivity index (χ1v) is 8.51. The van der Waals surface area contributed by atoms with E-state index in [4.69, 9.17) is 21.4 Å². The van der Waals surface area contributed by atoms with E-state index in [0.29, 0.717) is 11.6 Å². The van der Waals surface area contributed by atoms with Crippen LogP contribution in [0.5, 0.6) is 0 Å². The van der Waals surface area contributed by atoms with Crippen LogP contribution in [0.15, 0.2) is 72.8 Å². The summed E-state index contributed by atoms with van der Waals surface area (Å²) >= 11 is 6.01. The van der Waals surface area contributed by atoms with Crippen LogP contribution in [0.25, 0.3) is 22.4 Å². The number of aromatic nitrogens is 2. The minimum absolute atomic E-state index is 0.473. The molecule has 0 atom stereocenters. The van der Waals surface area contributed by atoms with Crippen LogP contribution in [-0.4, -0.2) is 9.71 Å². The van der Waals surface area contributed by atoms with E-state index < -0.39 is 0 Å². The second-order valence-electron chi connectivity index (χ2n) is 5.98. The van der Waals surface area contributed by atoms with Crippen molar-refractivity contribution in [1.82, 2.24) is 9.71 Å². The largest absolute Gasteiger partial charge is 0.407 e. The maximum atomic E-state index is 6.12. The molecular weight excluding hydrogens is 332 g/mol. The van der Waals surface area contributed by atoms with Gasteiger partial charge >= 0.3 is 0 Å². The predicted octanol–water partition coefficient (Wildman–Crippen LogP) is 5.29. The minimum atomic E-state index is 0.473. The van der Waals surface area contributed by atoms with Crippen LogP contribution in [0.4, 0.5) is 0 Å². The zero-order chi connectivity index (χ0) is 17.2. The number of aryl methyl sites for hydroxylation is 1. The van der Waals surface area contributed by atoms with E-state index in [1.807, 2.05) is 48.5 Å². The molecule has 0 aliphatic rings. The van der Waals surface area contributed by atoms with Gasteiger partial charge in [-0.3, -0.25) is 0 Å². The molecule has 0 spiro atoms. The topological polar surface area (TPSA) is 27.1 Å². The summed E-state index contributed by atoms with van der Waals surface area (Å²) in [5.74, 6) is 0.768. The van der Waals surface area contributed by atoms with Gasteiger partial charge in [0.2, 0.25) is 0 Å². The number of nitrogens with zero attached hydrogens (tertiary/aromatic N) is 2. The third kappa shape index (κ3) is 3.24. The molecule has 4 rings (SSSR count). The number of para-hydroxylation sites is 2. The van der Waals surface area contributed by atoms with Crippen molar-refractivity contribution in [1.29, 1.82) is 0 Å². The Kier molecular flexibility index (Phi) is 4.16. The monoisotopic (exact) mass is 348 g/mol. The molecular formula is C21H17ClN2O. The summed E-state index contributed by atoms with van der Waals surface area (Å²) in [6.45, 7) is 2.55. The first-order valence-electron chi connectivity index (χ1n) is 8.13. The standard InChI is InChI=1S/C21H17ClN2O/c1-15-6-8-16(9-7-15)14-25-24-20-5-3-2-4-19(20)23-21(24)17-10-12-18(22)13-11-17/h2-13H,14H2,1H3. The molecule has 3 nitrogen and oxygen atoms in total. The van der Waals surface area contributed by atoms with Gasteiger partial charge < -0.3 is 4.84 Å². The van der Waals surface area contributed by atoms with E-state index in [1.54, 1.807) is 4.73 Å². The molecule has 25 heavy (non-hydrogen) atoms. The number of fused-ring (bicyclic) bond motifs is 1. The summed E-state index contributed by atoms with van der Waals surface area (Å²) in [7, 11) is 0. The van der Waals surface area contributed by atoms with E-state index >= 15 is 0 Å². The van der Waals surface area contributed by atoms with E-state index in [9.17, 15) is 0 Å². The SMILES string of the molecule is Cc1ccc(COn2c(-c3ccc(Cl)cc3)nc3ccccc32)cc1. The molecule has 0 fully saturated rings. The zero-order valence-electron chi connectivity index (χ0n) is 13.8. The van der Waals surface area contributed by atoms with Gasteiger partial charge in [0.15, 0.2) is 5.82 Å². The van der Waals surface area contributed by atoms with Gasteiger partial charge in [0.25, 0.3) is 0 Å². The molecule has 0 bridgehead atoms. The molecule has 0 amide bonds. The van der Waals surface area contributed by atoms with Gasteiger partial charge in [-0.1, -0.05) is 53.6 Å². The van der Waals surface area contributed by atoms with Crippen molar-refractivity contribution in [3.05, 3.63) is 88.9 Å². The highest BCUT2D eigenvalue weighted by Gasteiger charge is 2.13. The van der Waals surface area contributed by atoms with Gasteiger partial charge in [-0.2, -0.15) is 4.73 Å². The lowest BCUT2D eigenvalue weighted by atomic mass is 10.2. The van der Waals surface area contributed by atoms with E-state index in [-0.39, 0.29) is 0 Å². The lowest BCUT2D eigenvalue weighted by Crippen LogP contribution is -2.12. The van der Waals surface area contributed by atoms with Gasteiger partial charge in [-0.15, -0.1) is 0 Å². The summed E-state index contributed by atoms with van der Waals surface area (Å²) in [6, 6.07) is 23.9. The highest BCUT2D eigenvalue weighted by Crippen LogP contribution is 2.25. The maximum absolute atomic E-state index is 6.12. The van der Waals surface area contributed by atoms with Crippen LogP contribution < -0.4 is 4.84 Å². The summed E-state index contributed by atoms with van der Waals surface area (Å²) in [5.41, 5.74) is 5.16. The van der Waals surface area contributed by atoms with E-state index in [2.05, 4.69) is 31.2 Å². The van der Waals surface area contributed by atoms with Crippen LogP contribution >= 0.6 is 11.6 Å². The molecule has 0 aliphatic carbocycles. The number of halogens is 1.